The van der Waals surface area contributed by atoms with E-state index in [-0.39, 0.29) is 5.91 Å². The number of hydrogen-bond acceptors (Lipinski definition) is 3. The fraction of sp³-hybridized carbons (Fsp3) is 0.444. The van der Waals surface area contributed by atoms with E-state index in [1.165, 1.54) is 49.8 Å². The number of carbonyl (C=O) groups is 1. The lowest BCUT2D eigenvalue weighted by atomic mass is 9.59. The van der Waals surface area contributed by atoms with Crippen LogP contribution in [-0.2, 0) is 0 Å². The van der Waals surface area contributed by atoms with Crippen LogP contribution in [-0.4, -0.2) is 43.5 Å². The zero-order valence-corrected chi connectivity index (χ0v) is 19.4. The van der Waals surface area contributed by atoms with Crippen molar-refractivity contribution in [1.29, 1.82) is 0 Å². The van der Waals surface area contributed by atoms with Crippen molar-refractivity contribution in [3.05, 3.63) is 70.3 Å². The predicted octanol–water partition coefficient (Wildman–Crippen LogP) is 5.37. The SMILES string of the molecule is NC(=O)c1ccc(N2CCN(CC3=C(c4ccc(Cl)cc4)CC4(CCC4)CC3)CC2)cc1. The van der Waals surface area contributed by atoms with Crippen LogP contribution in [0, 0.1) is 5.41 Å². The second-order valence-corrected chi connectivity index (χ2v) is 10.2. The summed E-state index contributed by atoms with van der Waals surface area (Å²) >= 11 is 6.17. The van der Waals surface area contributed by atoms with Crippen LogP contribution < -0.4 is 10.6 Å². The van der Waals surface area contributed by atoms with Crippen molar-refractivity contribution in [2.75, 3.05) is 37.6 Å². The lowest BCUT2D eigenvalue weighted by Crippen LogP contribution is -2.47. The minimum atomic E-state index is -0.373. The molecule has 2 aromatic rings. The van der Waals surface area contributed by atoms with Gasteiger partial charge in [0.1, 0.15) is 0 Å². The lowest BCUT2D eigenvalue weighted by molar-refractivity contribution is 0.100. The highest BCUT2D eigenvalue weighted by molar-refractivity contribution is 6.30. The molecule has 5 rings (SSSR count). The summed E-state index contributed by atoms with van der Waals surface area (Å²) < 4.78 is 0. The lowest BCUT2D eigenvalue weighted by Gasteiger charge is -2.47. The van der Waals surface area contributed by atoms with E-state index in [1.54, 1.807) is 11.1 Å². The fourth-order valence-corrected chi connectivity index (χ4v) is 5.79. The van der Waals surface area contributed by atoms with Gasteiger partial charge in [-0.05, 0) is 85.1 Å². The molecule has 0 atom stereocenters. The topological polar surface area (TPSA) is 49.6 Å². The Morgan fingerprint density at radius 1 is 0.938 bits per heavy atom. The van der Waals surface area contributed by atoms with E-state index < -0.39 is 0 Å². The van der Waals surface area contributed by atoms with Crippen LogP contribution in [0.1, 0.15) is 54.4 Å². The maximum Gasteiger partial charge on any atom is 0.248 e. The first-order valence-corrected chi connectivity index (χ1v) is 12.2. The maximum atomic E-state index is 11.3. The molecular weight excluding hydrogens is 418 g/mol. The first kappa shape index (κ1) is 21.5. The summed E-state index contributed by atoms with van der Waals surface area (Å²) in [7, 11) is 0. The molecule has 0 unspecified atom stereocenters. The molecule has 2 aromatic carbocycles. The monoisotopic (exact) mass is 449 g/mol. The average Bonchev–Trinajstić information content (AvgIpc) is 2.79. The second-order valence-electron chi connectivity index (χ2n) is 9.79. The highest BCUT2D eigenvalue weighted by atomic mass is 35.5. The smallest absolute Gasteiger partial charge is 0.248 e. The van der Waals surface area contributed by atoms with Gasteiger partial charge in [-0.25, -0.2) is 0 Å². The largest absolute Gasteiger partial charge is 0.369 e. The Bertz CT molecular complexity index is 1000. The summed E-state index contributed by atoms with van der Waals surface area (Å²) in [4.78, 5) is 16.3. The molecule has 0 aromatic heterocycles. The zero-order chi connectivity index (χ0) is 22.1. The molecule has 1 saturated carbocycles. The van der Waals surface area contributed by atoms with Gasteiger partial charge in [0.25, 0.3) is 0 Å². The van der Waals surface area contributed by atoms with Gasteiger partial charge in [-0.2, -0.15) is 0 Å². The van der Waals surface area contributed by atoms with Gasteiger partial charge >= 0.3 is 0 Å². The number of nitrogens with two attached hydrogens (primary N) is 1. The molecule has 0 radical (unpaired) electrons. The molecular formula is C27H32ClN3O. The first-order chi connectivity index (χ1) is 15.5. The number of anilines is 1. The minimum absolute atomic E-state index is 0.373. The summed E-state index contributed by atoms with van der Waals surface area (Å²) in [5.41, 5.74) is 12.2. The maximum absolute atomic E-state index is 11.3. The Labute approximate surface area is 196 Å². The van der Waals surface area contributed by atoms with Gasteiger partial charge in [-0.15, -0.1) is 0 Å². The minimum Gasteiger partial charge on any atom is -0.369 e. The van der Waals surface area contributed by atoms with Gasteiger partial charge in [0.05, 0.1) is 0 Å². The summed E-state index contributed by atoms with van der Waals surface area (Å²) in [5.74, 6) is -0.373. The van der Waals surface area contributed by atoms with Crippen LogP contribution in [0.2, 0.25) is 5.02 Å². The molecule has 1 spiro atoms. The van der Waals surface area contributed by atoms with Crippen LogP contribution in [0.4, 0.5) is 5.69 Å². The first-order valence-electron chi connectivity index (χ1n) is 11.9. The van der Waals surface area contributed by atoms with E-state index in [2.05, 4.69) is 21.9 Å². The molecule has 168 valence electrons. The van der Waals surface area contributed by atoms with Crippen molar-refractivity contribution in [1.82, 2.24) is 4.90 Å². The normalized spacial score (nSPS) is 21.0. The van der Waals surface area contributed by atoms with Gasteiger partial charge < -0.3 is 10.6 Å². The quantitative estimate of drug-likeness (QED) is 0.667. The van der Waals surface area contributed by atoms with Crippen LogP contribution in [0.25, 0.3) is 5.57 Å². The molecule has 2 aliphatic carbocycles. The Balaban J connectivity index is 1.27. The van der Waals surface area contributed by atoms with E-state index in [0.717, 1.165) is 37.7 Å². The molecule has 3 aliphatic rings. The summed E-state index contributed by atoms with van der Waals surface area (Å²) in [5, 5.41) is 0.810. The number of piperazine rings is 1. The highest BCUT2D eigenvalue weighted by Gasteiger charge is 2.40. The van der Waals surface area contributed by atoms with E-state index in [4.69, 9.17) is 17.3 Å². The van der Waals surface area contributed by atoms with Crippen molar-refractivity contribution in [3.8, 4) is 0 Å². The predicted molar refractivity (Wildman–Crippen MR) is 132 cm³/mol. The van der Waals surface area contributed by atoms with Gasteiger partial charge in [0.15, 0.2) is 0 Å². The van der Waals surface area contributed by atoms with E-state index >= 15 is 0 Å². The number of nitrogens with zero attached hydrogens (tertiary/aromatic N) is 2. The Kier molecular flexibility index (Phi) is 6.00. The highest BCUT2D eigenvalue weighted by Crippen LogP contribution is 2.55. The number of amides is 1. The van der Waals surface area contributed by atoms with Crippen molar-refractivity contribution in [2.24, 2.45) is 11.1 Å². The Morgan fingerprint density at radius 3 is 2.22 bits per heavy atom. The number of halogens is 1. The van der Waals surface area contributed by atoms with Gasteiger partial charge in [-0.1, -0.05) is 35.7 Å². The third-order valence-electron chi connectivity index (χ3n) is 7.85. The number of rotatable bonds is 5. The molecule has 1 aliphatic heterocycles. The third kappa shape index (κ3) is 4.44. The molecule has 32 heavy (non-hydrogen) atoms. The standard InChI is InChI=1S/C27H32ClN3O/c28-23-6-2-20(3-7-23)25-18-27(11-1-12-27)13-10-22(25)19-30-14-16-31(17-15-30)24-8-4-21(5-9-24)26(29)32/h2-9H,1,10-19H2,(H2,29,32). The molecule has 1 heterocycles. The summed E-state index contributed by atoms with van der Waals surface area (Å²) in [6.07, 6.45) is 8.00. The molecule has 2 N–H and O–H groups in total. The van der Waals surface area contributed by atoms with Crippen molar-refractivity contribution in [3.63, 3.8) is 0 Å². The number of allylic oxidation sites excluding steroid dienone is 1. The number of primary amides is 1. The van der Waals surface area contributed by atoms with Crippen LogP contribution >= 0.6 is 11.6 Å². The van der Waals surface area contributed by atoms with Crippen LogP contribution in [0.3, 0.4) is 0 Å². The molecule has 4 nitrogen and oxygen atoms in total. The van der Waals surface area contributed by atoms with E-state index in [0.29, 0.717) is 11.0 Å². The van der Waals surface area contributed by atoms with Gasteiger partial charge in [0.2, 0.25) is 5.91 Å². The average molecular weight is 450 g/mol. The van der Waals surface area contributed by atoms with E-state index in [1.807, 2.05) is 36.4 Å². The van der Waals surface area contributed by atoms with Crippen molar-refractivity contribution in [2.45, 2.75) is 38.5 Å². The number of hydrogen-bond donors (Lipinski definition) is 1. The van der Waals surface area contributed by atoms with Gasteiger partial charge in [0, 0.05) is 49.0 Å². The fourth-order valence-electron chi connectivity index (χ4n) is 5.66. The van der Waals surface area contributed by atoms with Crippen LogP contribution in [0.15, 0.2) is 54.1 Å². The molecule has 5 heteroatoms. The Hall–Kier alpha value is -2.30. The molecule has 1 saturated heterocycles. The molecule has 0 bridgehead atoms. The summed E-state index contributed by atoms with van der Waals surface area (Å²) in [6.45, 7) is 5.19. The van der Waals surface area contributed by atoms with Crippen molar-refractivity contribution >= 4 is 28.8 Å². The Morgan fingerprint density at radius 2 is 1.62 bits per heavy atom. The van der Waals surface area contributed by atoms with Gasteiger partial charge in [-0.3, -0.25) is 9.69 Å². The van der Waals surface area contributed by atoms with Crippen LogP contribution in [0.5, 0.6) is 0 Å². The van der Waals surface area contributed by atoms with Crippen molar-refractivity contribution < 1.29 is 4.79 Å². The van der Waals surface area contributed by atoms with E-state index in [9.17, 15) is 4.79 Å². The number of carbonyl (C=O) groups excluding carboxylic acids is 1. The molecule has 2 fully saturated rings. The zero-order valence-electron chi connectivity index (χ0n) is 18.7. The summed E-state index contributed by atoms with van der Waals surface area (Å²) in [6, 6.07) is 16.2. The number of benzene rings is 2. The third-order valence-corrected chi connectivity index (χ3v) is 8.10. The molecule has 1 amide bonds. The second kappa shape index (κ2) is 8.92.